The van der Waals surface area contributed by atoms with E-state index in [0.717, 1.165) is 36.9 Å². The molecule has 0 unspecified atom stereocenters. The van der Waals surface area contributed by atoms with E-state index < -0.39 is 0 Å². The molecular formula is C26H36N2O3. The molecule has 2 atom stereocenters. The lowest BCUT2D eigenvalue weighted by atomic mass is 9.99. The first-order valence-electron chi connectivity index (χ1n) is 11.5. The SMILES string of the molecule is CCOc1ccc([C@H](C)NC(=O)c2ccc(CN3CCC[C@@H](C)C3)cc2)cc1OCC. The lowest BCUT2D eigenvalue weighted by Gasteiger charge is -2.30. The quantitative estimate of drug-likeness (QED) is 0.601. The smallest absolute Gasteiger partial charge is 0.251 e. The monoisotopic (exact) mass is 424 g/mol. The van der Waals surface area contributed by atoms with Crippen molar-refractivity contribution < 1.29 is 14.3 Å². The largest absolute Gasteiger partial charge is 0.490 e. The van der Waals surface area contributed by atoms with Crippen molar-refractivity contribution in [2.45, 2.75) is 53.1 Å². The highest BCUT2D eigenvalue weighted by molar-refractivity contribution is 5.94. The molecule has 1 saturated heterocycles. The van der Waals surface area contributed by atoms with Gasteiger partial charge in [0.15, 0.2) is 11.5 Å². The van der Waals surface area contributed by atoms with Gasteiger partial charge in [-0.25, -0.2) is 0 Å². The molecule has 2 aromatic rings. The number of nitrogens with one attached hydrogen (secondary N) is 1. The van der Waals surface area contributed by atoms with Gasteiger partial charge >= 0.3 is 0 Å². The summed E-state index contributed by atoms with van der Waals surface area (Å²) in [4.78, 5) is 15.3. The van der Waals surface area contributed by atoms with Crippen LogP contribution in [0.4, 0.5) is 0 Å². The van der Waals surface area contributed by atoms with E-state index in [0.29, 0.717) is 24.5 Å². The number of carbonyl (C=O) groups is 1. The van der Waals surface area contributed by atoms with E-state index in [1.165, 1.54) is 18.4 Å². The van der Waals surface area contributed by atoms with Crippen molar-refractivity contribution >= 4 is 5.91 Å². The van der Waals surface area contributed by atoms with Crippen LogP contribution in [0.5, 0.6) is 11.5 Å². The van der Waals surface area contributed by atoms with Gasteiger partial charge < -0.3 is 14.8 Å². The number of likely N-dealkylation sites (tertiary alicyclic amines) is 1. The van der Waals surface area contributed by atoms with Gasteiger partial charge in [0.2, 0.25) is 0 Å². The first-order valence-corrected chi connectivity index (χ1v) is 11.5. The molecule has 1 aliphatic heterocycles. The van der Waals surface area contributed by atoms with E-state index in [-0.39, 0.29) is 11.9 Å². The topological polar surface area (TPSA) is 50.8 Å². The number of benzene rings is 2. The molecule has 2 aromatic carbocycles. The molecule has 5 heteroatoms. The van der Waals surface area contributed by atoms with Crippen LogP contribution in [-0.4, -0.2) is 37.1 Å². The molecule has 1 aliphatic rings. The van der Waals surface area contributed by atoms with E-state index in [1.54, 1.807) is 0 Å². The van der Waals surface area contributed by atoms with Gasteiger partial charge in [-0.3, -0.25) is 9.69 Å². The summed E-state index contributed by atoms with van der Waals surface area (Å²) in [7, 11) is 0. The standard InChI is InChI=1S/C26H36N2O3/c1-5-30-24-14-13-23(16-25(24)31-6-2)20(4)27-26(29)22-11-9-21(10-12-22)18-28-15-7-8-19(3)17-28/h9-14,16,19-20H,5-8,15,17-18H2,1-4H3,(H,27,29)/t19-,20+/m1/s1. The Kier molecular flexibility index (Phi) is 8.35. The molecule has 0 saturated carbocycles. The molecule has 0 aliphatic carbocycles. The average Bonchev–Trinajstić information content (AvgIpc) is 2.75. The maximum absolute atomic E-state index is 12.8. The minimum atomic E-state index is -0.142. The minimum Gasteiger partial charge on any atom is -0.490 e. The molecule has 0 radical (unpaired) electrons. The lowest BCUT2D eigenvalue weighted by molar-refractivity contribution is 0.0939. The van der Waals surface area contributed by atoms with Gasteiger partial charge in [0.25, 0.3) is 5.91 Å². The van der Waals surface area contributed by atoms with Gasteiger partial charge in [0, 0.05) is 18.7 Å². The first kappa shape index (κ1) is 23.1. The summed E-state index contributed by atoms with van der Waals surface area (Å²) < 4.78 is 11.3. The molecule has 3 rings (SSSR count). The first-order chi connectivity index (χ1) is 15.0. The van der Waals surface area contributed by atoms with Crippen LogP contribution < -0.4 is 14.8 Å². The maximum Gasteiger partial charge on any atom is 0.251 e. The van der Waals surface area contributed by atoms with Crippen molar-refractivity contribution in [3.05, 3.63) is 59.2 Å². The van der Waals surface area contributed by atoms with Gasteiger partial charge in [-0.1, -0.05) is 25.1 Å². The van der Waals surface area contributed by atoms with Crippen LogP contribution in [0.15, 0.2) is 42.5 Å². The van der Waals surface area contributed by atoms with E-state index in [4.69, 9.17) is 9.47 Å². The third-order valence-electron chi connectivity index (χ3n) is 5.78. The molecule has 0 aromatic heterocycles. The second-order valence-corrected chi connectivity index (χ2v) is 8.45. The zero-order valence-corrected chi connectivity index (χ0v) is 19.3. The summed E-state index contributed by atoms with van der Waals surface area (Å²) in [6.45, 7) is 12.6. The van der Waals surface area contributed by atoms with Crippen molar-refractivity contribution in [2.24, 2.45) is 5.92 Å². The predicted molar refractivity (Wildman–Crippen MR) is 125 cm³/mol. The van der Waals surface area contributed by atoms with Crippen LogP contribution in [0.3, 0.4) is 0 Å². The highest BCUT2D eigenvalue weighted by Crippen LogP contribution is 2.31. The average molecular weight is 425 g/mol. The van der Waals surface area contributed by atoms with Gasteiger partial charge in [0.05, 0.1) is 19.3 Å². The zero-order valence-electron chi connectivity index (χ0n) is 19.3. The Balaban J connectivity index is 1.61. The lowest BCUT2D eigenvalue weighted by Crippen LogP contribution is -2.33. The van der Waals surface area contributed by atoms with Gasteiger partial charge in [-0.15, -0.1) is 0 Å². The second kappa shape index (κ2) is 11.2. The maximum atomic E-state index is 12.8. The van der Waals surface area contributed by atoms with Crippen LogP contribution in [0.1, 0.15) is 68.1 Å². The van der Waals surface area contributed by atoms with E-state index in [1.807, 2.05) is 51.1 Å². The number of rotatable bonds is 9. The van der Waals surface area contributed by atoms with Crippen molar-refractivity contribution in [2.75, 3.05) is 26.3 Å². The number of amides is 1. The Labute approximate surface area is 186 Å². The Morgan fingerprint density at radius 1 is 1.10 bits per heavy atom. The minimum absolute atomic E-state index is 0.0718. The molecule has 1 N–H and O–H groups in total. The number of piperidine rings is 1. The van der Waals surface area contributed by atoms with E-state index in [9.17, 15) is 4.79 Å². The van der Waals surface area contributed by atoms with Crippen LogP contribution >= 0.6 is 0 Å². The fourth-order valence-corrected chi connectivity index (χ4v) is 4.15. The number of hydrogen-bond donors (Lipinski definition) is 1. The summed E-state index contributed by atoms with van der Waals surface area (Å²) >= 11 is 0. The normalized spacial score (nSPS) is 17.7. The highest BCUT2D eigenvalue weighted by Gasteiger charge is 2.17. The summed E-state index contributed by atoms with van der Waals surface area (Å²) in [5.74, 6) is 2.13. The molecule has 168 valence electrons. The molecule has 1 amide bonds. The second-order valence-electron chi connectivity index (χ2n) is 8.45. The molecule has 1 heterocycles. The molecular weight excluding hydrogens is 388 g/mol. The zero-order chi connectivity index (χ0) is 22.2. The van der Waals surface area contributed by atoms with Crippen LogP contribution in [0.2, 0.25) is 0 Å². The summed E-state index contributed by atoms with van der Waals surface area (Å²) in [5, 5.41) is 3.09. The number of nitrogens with zero attached hydrogens (tertiary/aromatic N) is 1. The third-order valence-corrected chi connectivity index (χ3v) is 5.78. The van der Waals surface area contributed by atoms with Crippen molar-refractivity contribution in [3.63, 3.8) is 0 Å². The molecule has 0 spiro atoms. The Morgan fingerprint density at radius 2 is 1.81 bits per heavy atom. The third kappa shape index (κ3) is 6.47. The van der Waals surface area contributed by atoms with Gasteiger partial charge in [0.1, 0.15) is 0 Å². The van der Waals surface area contributed by atoms with Crippen molar-refractivity contribution in [1.29, 1.82) is 0 Å². The van der Waals surface area contributed by atoms with E-state index in [2.05, 4.69) is 29.3 Å². The fraction of sp³-hybridized carbons (Fsp3) is 0.500. The number of ether oxygens (including phenoxy) is 2. The summed E-state index contributed by atoms with van der Waals surface area (Å²) in [5.41, 5.74) is 2.92. The molecule has 31 heavy (non-hydrogen) atoms. The van der Waals surface area contributed by atoms with Gasteiger partial charge in [-0.05, 0) is 81.5 Å². The number of hydrogen-bond acceptors (Lipinski definition) is 4. The number of carbonyl (C=O) groups excluding carboxylic acids is 1. The van der Waals surface area contributed by atoms with E-state index >= 15 is 0 Å². The van der Waals surface area contributed by atoms with Crippen LogP contribution in [0, 0.1) is 5.92 Å². The Bertz CT molecular complexity index is 850. The predicted octanol–water partition coefficient (Wildman–Crippen LogP) is 5.21. The van der Waals surface area contributed by atoms with Gasteiger partial charge in [-0.2, -0.15) is 0 Å². The van der Waals surface area contributed by atoms with Crippen molar-refractivity contribution in [1.82, 2.24) is 10.2 Å². The highest BCUT2D eigenvalue weighted by atomic mass is 16.5. The molecule has 1 fully saturated rings. The summed E-state index contributed by atoms with van der Waals surface area (Å²) in [6, 6.07) is 13.7. The Hall–Kier alpha value is -2.53. The summed E-state index contributed by atoms with van der Waals surface area (Å²) in [6.07, 6.45) is 2.60. The van der Waals surface area contributed by atoms with Crippen LogP contribution in [-0.2, 0) is 6.54 Å². The van der Waals surface area contributed by atoms with Crippen molar-refractivity contribution in [3.8, 4) is 11.5 Å². The van der Waals surface area contributed by atoms with Crippen LogP contribution in [0.25, 0.3) is 0 Å². The fourth-order valence-electron chi connectivity index (χ4n) is 4.15. The molecule has 5 nitrogen and oxygen atoms in total. The Morgan fingerprint density at radius 3 is 2.48 bits per heavy atom. The molecule has 0 bridgehead atoms.